The summed E-state index contributed by atoms with van der Waals surface area (Å²) in [5.41, 5.74) is 0.846. The number of nitrogens with one attached hydrogen (secondary N) is 1. The van der Waals surface area contributed by atoms with Crippen LogP contribution in [-0.2, 0) is 11.3 Å². The molecule has 7 heteroatoms. The molecule has 7 nitrogen and oxygen atoms in total. The SMILES string of the molecule is COc1cc(CNC(=O)C2CCN(C(=O)c3ccco3)CC2)ccc1O. The Bertz CT molecular complexity index is 764. The number of ether oxygens (including phenoxy) is 1. The Morgan fingerprint density at radius 3 is 2.73 bits per heavy atom. The molecule has 2 heterocycles. The van der Waals surface area contributed by atoms with Crippen molar-refractivity contribution in [2.75, 3.05) is 20.2 Å². The van der Waals surface area contributed by atoms with Crippen LogP contribution in [0, 0.1) is 5.92 Å². The molecule has 3 rings (SSSR count). The smallest absolute Gasteiger partial charge is 0.289 e. The molecular weight excluding hydrogens is 336 g/mol. The first-order chi connectivity index (χ1) is 12.6. The normalized spacial score (nSPS) is 14.9. The standard InChI is InChI=1S/C19H22N2O5/c1-25-17-11-13(4-5-15(17)22)12-20-18(23)14-6-8-21(9-7-14)19(24)16-3-2-10-26-16/h2-5,10-11,14,22H,6-9,12H2,1H3,(H,20,23). The predicted octanol–water partition coefficient (Wildman–Crippen LogP) is 2.16. The van der Waals surface area contributed by atoms with Crippen LogP contribution in [0.15, 0.2) is 41.0 Å². The van der Waals surface area contributed by atoms with E-state index in [0.717, 1.165) is 5.56 Å². The molecule has 2 aromatic rings. The second-order valence-electron chi connectivity index (χ2n) is 6.27. The fourth-order valence-electron chi connectivity index (χ4n) is 3.07. The molecule has 1 aromatic carbocycles. The van der Waals surface area contributed by atoms with Gasteiger partial charge in [-0.1, -0.05) is 6.07 Å². The van der Waals surface area contributed by atoms with Gasteiger partial charge in [-0.25, -0.2) is 0 Å². The average molecular weight is 358 g/mol. The number of furan rings is 1. The van der Waals surface area contributed by atoms with E-state index < -0.39 is 0 Å². The molecule has 2 N–H and O–H groups in total. The highest BCUT2D eigenvalue weighted by atomic mass is 16.5. The number of rotatable bonds is 5. The minimum Gasteiger partial charge on any atom is -0.504 e. The van der Waals surface area contributed by atoms with Crippen LogP contribution in [0.3, 0.4) is 0 Å². The zero-order chi connectivity index (χ0) is 18.5. The van der Waals surface area contributed by atoms with Crippen LogP contribution in [0.25, 0.3) is 0 Å². The molecule has 0 spiro atoms. The molecule has 2 amide bonds. The van der Waals surface area contributed by atoms with Crippen molar-refractivity contribution in [3.05, 3.63) is 47.9 Å². The monoisotopic (exact) mass is 358 g/mol. The summed E-state index contributed by atoms with van der Waals surface area (Å²) in [5.74, 6) is 0.494. The minimum atomic E-state index is -0.134. The van der Waals surface area contributed by atoms with Gasteiger partial charge in [0.25, 0.3) is 5.91 Å². The van der Waals surface area contributed by atoms with E-state index in [9.17, 15) is 14.7 Å². The molecule has 138 valence electrons. The Kier molecular flexibility index (Phi) is 5.46. The highest BCUT2D eigenvalue weighted by Crippen LogP contribution is 2.26. The number of phenolic OH excluding ortho intramolecular Hbond substituents is 1. The molecule has 1 fully saturated rings. The lowest BCUT2D eigenvalue weighted by Gasteiger charge is -2.30. The molecule has 1 saturated heterocycles. The Morgan fingerprint density at radius 1 is 1.31 bits per heavy atom. The quantitative estimate of drug-likeness (QED) is 0.855. The molecule has 0 bridgehead atoms. The van der Waals surface area contributed by atoms with Crippen molar-refractivity contribution in [3.63, 3.8) is 0 Å². The van der Waals surface area contributed by atoms with E-state index in [1.807, 2.05) is 0 Å². The molecule has 0 saturated carbocycles. The van der Waals surface area contributed by atoms with E-state index in [1.165, 1.54) is 13.4 Å². The van der Waals surface area contributed by atoms with E-state index in [-0.39, 0.29) is 23.5 Å². The highest BCUT2D eigenvalue weighted by Gasteiger charge is 2.28. The summed E-state index contributed by atoms with van der Waals surface area (Å²) in [6.45, 7) is 1.43. The van der Waals surface area contributed by atoms with Crippen molar-refractivity contribution < 1.29 is 23.8 Å². The van der Waals surface area contributed by atoms with Crippen LogP contribution in [-0.4, -0.2) is 42.0 Å². The van der Waals surface area contributed by atoms with E-state index in [4.69, 9.17) is 9.15 Å². The Morgan fingerprint density at radius 2 is 2.08 bits per heavy atom. The molecule has 1 aliphatic heterocycles. The first-order valence-corrected chi connectivity index (χ1v) is 8.55. The van der Waals surface area contributed by atoms with Gasteiger partial charge in [-0.3, -0.25) is 9.59 Å². The van der Waals surface area contributed by atoms with Gasteiger partial charge in [-0.15, -0.1) is 0 Å². The second kappa shape index (κ2) is 7.95. The van der Waals surface area contributed by atoms with E-state index >= 15 is 0 Å². The van der Waals surface area contributed by atoms with Crippen LogP contribution < -0.4 is 10.1 Å². The van der Waals surface area contributed by atoms with Crippen molar-refractivity contribution in [1.29, 1.82) is 0 Å². The summed E-state index contributed by atoms with van der Waals surface area (Å²) in [5, 5.41) is 12.5. The molecule has 1 aliphatic rings. The number of nitrogens with zero attached hydrogens (tertiary/aromatic N) is 1. The second-order valence-corrected chi connectivity index (χ2v) is 6.27. The lowest BCUT2D eigenvalue weighted by molar-refractivity contribution is -0.126. The first kappa shape index (κ1) is 17.8. The predicted molar refractivity (Wildman–Crippen MR) is 93.8 cm³/mol. The average Bonchev–Trinajstić information content (AvgIpc) is 3.21. The third-order valence-electron chi connectivity index (χ3n) is 4.60. The maximum absolute atomic E-state index is 12.4. The largest absolute Gasteiger partial charge is 0.504 e. The minimum absolute atomic E-state index is 0.0258. The lowest BCUT2D eigenvalue weighted by atomic mass is 9.95. The van der Waals surface area contributed by atoms with Gasteiger partial charge in [0, 0.05) is 25.6 Å². The molecule has 0 unspecified atom stereocenters. The fraction of sp³-hybridized carbons (Fsp3) is 0.368. The lowest BCUT2D eigenvalue weighted by Crippen LogP contribution is -2.42. The number of benzene rings is 1. The molecule has 0 radical (unpaired) electrons. The van der Waals surface area contributed by atoms with Crippen molar-refractivity contribution >= 4 is 11.8 Å². The Balaban J connectivity index is 1.49. The molecular formula is C19H22N2O5. The van der Waals surface area contributed by atoms with Crippen molar-refractivity contribution in [3.8, 4) is 11.5 Å². The van der Waals surface area contributed by atoms with Gasteiger partial charge in [0.1, 0.15) is 0 Å². The number of aromatic hydroxyl groups is 1. The zero-order valence-corrected chi connectivity index (χ0v) is 14.6. The molecule has 26 heavy (non-hydrogen) atoms. The third-order valence-corrected chi connectivity index (χ3v) is 4.60. The zero-order valence-electron chi connectivity index (χ0n) is 14.6. The number of methoxy groups -OCH3 is 1. The fourth-order valence-corrected chi connectivity index (χ4v) is 3.07. The number of carbonyl (C=O) groups is 2. The Hall–Kier alpha value is -2.96. The number of hydrogen-bond donors (Lipinski definition) is 2. The van der Waals surface area contributed by atoms with Crippen molar-refractivity contribution in [2.24, 2.45) is 5.92 Å². The number of carbonyl (C=O) groups excluding carboxylic acids is 2. The summed E-state index contributed by atoms with van der Waals surface area (Å²) in [7, 11) is 1.48. The third kappa shape index (κ3) is 3.99. The summed E-state index contributed by atoms with van der Waals surface area (Å²) in [6.07, 6.45) is 2.72. The number of piperidine rings is 1. The van der Waals surface area contributed by atoms with Gasteiger partial charge in [0.05, 0.1) is 13.4 Å². The van der Waals surface area contributed by atoms with Gasteiger partial charge >= 0.3 is 0 Å². The summed E-state index contributed by atoms with van der Waals surface area (Å²) < 4.78 is 10.2. The Labute approximate surface area is 151 Å². The van der Waals surface area contributed by atoms with Crippen molar-refractivity contribution in [2.45, 2.75) is 19.4 Å². The number of hydrogen-bond acceptors (Lipinski definition) is 5. The number of phenols is 1. The number of amides is 2. The summed E-state index contributed by atoms with van der Waals surface area (Å²) >= 11 is 0. The van der Waals surface area contributed by atoms with E-state index in [2.05, 4.69) is 5.32 Å². The molecule has 0 aliphatic carbocycles. The van der Waals surface area contributed by atoms with Gasteiger partial charge in [-0.2, -0.15) is 0 Å². The van der Waals surface area contributed by atoms with Gasteiger partial charge in [-0.05, 0) is 42.7 Å². The summed E-state index contributed by atoms with van der Waals surface area (Å²) in [4.78, 5) is 26.3. The summed E-state index contributed by atoms with van der Waals surface area (Å²) in [6, 6.07) is 8.31. The maximum Gasteiger partial charge on any atom is 0.289 e. The maximum atomic E-state index is 12.4. The van der Waals surface area contributed by atoms with Gasteiger partial charge in [0.2, 0.25) is 5.91 Å². The van der Waals surface area contributed by atoms with Crippen LogP contribution in [0.5, 0.6) is 11.5 Å². The first-order valence-electron chi connectivity index (χ1n) is 8.55. The topological polar surface area (TPSA) is 92.0 Å². The molecule has 1 aromatic heterocycles. The van der Waals surface area contributed by atoms with Crippen molar-refractivity contribution in [1.82, 2.24) is 10.2 Å². The van der Waals surface area contributed by atoms with Gasteiger partial charge in [0.15, 0.2) is 17.3 Å². The van der Waals surface area contributed by atoms with E-state index in [0.29, 0.717) is 44.0 Å². The van der Waals surface area contributed by atoms with Crippen LogP contribution in [0.1, 0.15) is 29.0 Å². The molecule has 0 atom stereocenters. The number of likely N-dealkylation sites (tertiary alicyclic amines) is 1. The highest BCUT2D eigenvalue weighted by molar-refractivity contribution is 5.91. The van der Waals surface area contributed by atoms with Crippen LogP contribution in [0.2, 0.25) is 0 Å². The van der Waals surface area contributed by atoms with Crippen LogP contribution in [0.4, 0.5) is 0 Å². The van der Waals surface area contributed by atoms with Gasteiger partial charge < -0.3 is 24.5 Å². The van der Waals surface area contributed by atoms with E-state index in [1.54, 1.807) is 35.2 Å². The van der Waals surface area contributed by atoms with Crippen LogP contribution >= 0.6 is 0 Å².